The first-order valence-electron chi connectivity index (χ1n) is 9.61. The van der Waals surface area contributed by atoms with Gasteiger partial charge in [-0.25, -0.2) is 0 Å². The molecule has 3 rings (SSSR count). The third kappa shape index (κ3) is 4.96. The van der Waals surface area contributed by atoms with Crippen LogP contribution >= 0.6 is 67.9 Å². The summed E-state index contributed by atoms with van der Waals surface area (Å²) in [6.45, 7) is 6.28. The molecule has 3 aromatic rings. The summed E-state index contributed by atoms with van der Waals surface area (Å²) in [5.41, 5.74) is 2.79. The molecule has 26 heavy (non-hydrogen) atoms. The van der Waals surface area contributed by atoms with E-state index in [9.17, 15) is 0 Å². The Labute approximate surface area is 192 Å². The molecule has 0 aromatic carbocycles. The Kier molecular flexibility index (Phi) is 8.54. The predicted octanol–water partition coefficient (Wildman–Crippen LogP) is 8.45. The van der Waals surface area contributed by atoms with E-state index < -0.39 is 0 Å². The molecule has 0 bridgehead atoms. The lowest BCUT2D eigenvalue weighted by atomic mass is 10.1. The van der Waals surface area contributed by atoms with E-state index in [1.165, 1.54) is 64.7 Å². The first kappa shape index (κ1) is 21.3. The number of aromatic nitrogens is 1. The zero-order valence-electron chi connectivity index (χ0n) is 15.5. The second-order valence-corrected chi connectivity index (χ2v) is 12.7. The predicted molar refractivity (Wildman–Crippen MR) is 134 cm³/mol. The van der Waals surface area contributed by atoms with Crippen molar-refractivity contribution < 1.29 is 4.74 Å². The largest absolute Gasteiger partial charge is 0.379 e. The molecule has 0 fully saturated rings. The lowest BCUT2D eigenvalue weighted by Crippen LogP contribution is -2.15. The van der Waals surface area contributed by atoms with E-state index in [2.05, 4.69) is 75.7 Å². The molecular formula is C20H27I2NOS2. The van der Waals surface area contributed by atoms with Crippen molar-refractivity contribution in [3.05, 3.63) is 17.9 Å². The fourth-order valence-electron chi connectivity index (χ4n) is 3.49. The highest BCUT2D eigenvalue weighted by molar-refractivity contribution is 14.1. The summed E-state index contributed by atoms with van der Waals surface area (Å²) in [5, 5.41) is 0. The highest BCUT2D eigenvalue weighted by atomic mass is 127. The van der Waals surface area contributed by atoms with Gasteiger partial charge < -0.3 is 9.30 Å². The minimum atomic E-state index is 0.422. The smallest absolute Gasteiger partial charge is 0.0712 e. The fourth-order valence-corrected chi connectivity index (χ4v) is 7.30. The molecule has 1 atom stereocenters. The van der Waals surface area contributed by atoms with Gasteiger partial charge in [0.05, 0.1) is 38.8 Å². The number of unbranched alkanes of at least 4 members (excludes halogenated alkanes) is 5. The topological polar surface area (TPSA) is 14.2 Å². The number of thiophene rings is 2. The molecule has 0 radical (unpaired) electrons. The minimum Gasteiger partial charge on any atom is -0.379 e. The Morgan fingerprint density at radius 2 is 1.50 bits per heavy atom. The first-order chi connectivity index (χ1) is 12.7. The van der Waals surface area contributed by atoms with Gasteiger partial charge in [-0.1, -0.05) is 46.0 Å². The second kappa shape index (κ2) is 10.4. The SMILES string of the molecule is CCCCCCCCOC[C@@H](CC)n1c2cc(I)sc2c2sc(I)cc21. The normalized spacial score (nSPS) is 13.2. The molecule has 3 aromatic heterocycles. The molecule has 0 saturated heterocycles. The third-order valence-corrected chi connectivity index (χ3v) is 8.81. The monoisotopic (exact) mass is 615 g/mol. The van der Waals surface area contributed by atoms with Crippen LogP contribution in [0.25, 0.3) is 20.4 Å². The van der Waals surface area contributed by atoms with Crippen LogP contribution in [0.2, 0.25) is 0 Å². The quantitative estimate of drug-likeness (QED) is 0.156. The standard InChI is InChI=1S/C20H27I2NOS2/c1-3-5-6-7-8-9-10-24-13-14(4-2)23-15-11-17(21)25-19(15)20-16(23)12-18(22)26-20/h11-12,14H,3-10,13H2,1-2H3/t14-/m1/s1. The van der Waals surface area contributed by atoms with Crippen molar-refractivity contribution in [2.24, 2.45) is 0 Å². The van der Waals surface area contributed by atoms with Gasteiger partial charge in [-0.15, -0.1) is 22.7 Å². The Morgan fingerprint density at radius 3 is 2.08 bits per heavy atom. The van der Waals surface area contributed by atoms with E-state index in [-0.39, 0.29) is 0 Å². The van der Waals surface area contributed by atoms with Gasteiger partial charge in [0.2, 0.25) is 0 Å². The highest BCUT2D eigenvalue weighted by Gasteiger charge is 2.21. The zero-order valence-corrected chi connectivity index (χ0v) is 21.5. The van der Waals surface area contributed by atoms with Crippen molar-refractivity contribution >= 4 is 88.3 Å². The molecule has 0 aliphatic rings. The number of nitrogens with zero attached hydrogens (tertiary/aromatic N) is 1. The van der Waals surface area contributed by atoms with Crippen LogP contribution in [0.1, 0.15) is 64.8 Å². The Morgan fingerprint density at radius 1 is 0.923 bits per heavy atom. The van der Waals surface area contributed by atoms with Crippen LogP contribution in [-0.4, -0.2) is 17.8 Å². The van der Waals surface area contributed by atoms with Crippen LogP contribution in [0, 0.1) is 5.77 Å². The molecule has 0 N–H and O–H groups in total. The lowest BCUT2D eigenvalue weighted by molar-refractivity contribution is 0.0998. The third-order valence-electron chi connectivity index (χ3n) is 4.88. The Balaban J connectivity index is 1.65. The minimum absolute atomic E-state index is 0.422. The molecule has 0 aliphatic carbocycles. The summed E-state index contributed by atoms with van der Waals surface area (Å²) in [7, 11) is 0. The van der Waals surface area contributed by atoms with Crippen LogP contribution in [0.3, 0.4) is 0 Å². The molecule has 0 aliphatic heterocycles. The summed E-state index contributed by atoms with van der Waals surface area (Å²) in [6.07, 6.45) is 9.03. The lowest BCUT2D eigenvalue weighted by Gasteiger charge is -2.19. The number of fused-ring (bicyclic) bond motifs is 3. The van der Waals surface area contributed by atoms with E-state index in [0.717, 1.165) is 19.6 Å². The molecular weight excluding hydrogens is 588 g/mol. The summed E-state index contributed by atoms with van der Waals surface area (Å²) >= 11 is 8.74. The van der Waals surface area contributed by atoms with Crippen LogP contribution in [-0.2, 0) is 4.74 Å². The van der Waals surface area contributed by atoms with Gasteiger partial charge in [0.15, 0.2) is 0 Å². The van der Waals surface area contributed by atoms with Crippen molar-refractivity contribution in [2.75, 3.05) is 13.2 Å². The average Bonchev–Trinajstić information content (AvgIpc) is 3.24. The van der Waals surface area contributed by atoms with Gasteiger partial charge in [-0.3, -0.25) is 0 Å². The van der Waals surface area contributed by atoms with Crippen molar-refractivity contribution in [3.63, 3.8) is 0 Å². The van der Waals surface area contributed by atoms with Gasteiger partial charge >= 0.3 is 0 Å². The van der Waals surface area contributed by atoms with Crippen LogP contribution in [0.15, 0.2) is 12.1 Å². The average molecular weight is 615 g/mol. The maximum Gasteiger partial charge on any atom is 0.0712 e. The molecule has 0 unspecified atom stereocenters. The fraction of sp³-hybridized carbons (Fsp3) is 0.600. The Bertz CT molecular complexity index is 782. The van der Waals surface area contributed by atoms with Crippen molar-refractivity contribution in [3.8, 4) is 0 Å². The van der Waals surface area contributed by atoms with Gasteiger partial charge in [0, 0.05) is 6.61 Å². The summed E-state index contributed by atoms with van der Waals surface area (Å²) in [5.74, 6) is 0. The van der Waals surface area contributed by atoms with Gasteiger partial charge in [-0.2, -0.15) is 0 Å². The second-order valence-electron chi connectivity index (χ2n) is 6.80. The summed E-state index contributed by atoms with van der Waals surface area (Å²) in [6, 6.07) is 5.11. The van der Waals surface area contributed by atoms with E-state index in [0.29, 0.717) is 6.04 Å². The Hall–Kier alpha value is 0.620. The molecule has 0 amide bonds. The van der Waals surface area contributed by atoms with E-state index in [4.69, 9.17) is 4.74 Å². The number of halogens is 2. The number of hydrogen-bond donors (Lipinski definition) is 0. The molecule has 2 nitrogen and oxygen atoms in total. The zero-order chi connectivity index (χ0) is 18.5. The van der Waals surface area contributed by atoms with Crippen molar-refractivity contribution in [1.82, 2.24) is 4.57 Å². The van der Waals surface area contributed by atoms with Crippen LogP contribution < -0.4 is 0 Å². The highest BCUT2D eigenvalue weighted by Crippen LogP contribution is 2.42. The molecule has 3 heterocycles. The maximum absolute atomic E-state index is 6.11. The number of rotatable bonds is 11. The van der Waals surface area contributed by atoms with E-state index >= 15 is 0 Å². The van der Waals surface area contributed by atoms with Gasteiger partial charge in [0.1, 0.15) is 0 Å². The maximum atomic E-state index is 6.11. The summed E-state index contributed by atoms with van der Waals surface area (Å²) < 4.78 is 14.3. The van der Waals surface area contributed by atoms with Crippen molar-refractivity contribution in [2.45, 2.75) is 64.8 Å². The number of hydrogen-bond acceptors (Lipinski definition) is 3. The van der Waals surface area contributed by atoms with E-state index in [1.807, 2.05) is 22.7 Å². The van der Waals surface area contributed by atoms with E-state index in [1.54, 1.807) is 0 Å². The van der Waals surface area contributed by atoms with Crippen molar-refractivity contribution in [1.29, 1.82) is 0 Å². The van der Waals surface area contributed by atoms with Crippen LogP contribution in [0.5, 0.6) is 0 Å². The van der Waals surface area contributed by atoms with Crippen LogP contribution in [0.4, 0.5) is 0 Å². The van der Waals surface area contributed by atoms with Gasteiger partial charge in [-0.05, 0) is 70.2 Å². The molecule has 6 heteroatoms. The molecule has 0 spiro atoms. The molecule has 144 valence electrons. The van der Waals surface area contributed by atoms with Gasteiger partial charge in [0.25, 0.3) is 0 Å². The summed E-state index contributed by atoms with van der Waals surface area (Å²) in [4.78, 5) is 0. The molecule has 0 saturated carbocycles. The first-order valence-corrected chi connectivity index (χ1v) is 13.4. The number of ether oxygens (including phenoxy) is 1.